The summed E-state index contributed by atoms with van der Waals surface area (Å²) in [6.07, 6.45) is 2.50. The molecule has 1 saturated heterocycles. The van der Waals surface area contributed by atoms with Crippen molar-refractivity contribution in [2.24, 2.45) is 5.92 Å². The van der Waals surface area contributed by atoms with Crippen LogP contribution in [-0.4, -0.2) is 43.7 Å². The largest absolute Gasteiger partial charge is 0.493 e. The smallest absolute Gasteiger partial charge is 0.122 e. The third-order valence-electron chi connectivity index (χ3n) is 4.92. The summed E-state index contributed by atoms with van der Waals surface area (Å²) in [5, 5.41) is 3.70. The molecule has 0 radical (unpaired) electrons. The maximum absolute atomic E-state index is 5.81. The van der Waals surface area contributed by atoms with E-state index in [4.69, 9.17) is 4.74 Å². The molecule has 0 aromatic heterocycles. The molecule has 3 unspecified atom stereocenters. The molecule has 2 heterocycles. The molecule has 3 nitrogen and oxygen atoms in total. The average molecular weight is 288 g/mol. The first-order valence-corrected chi connectivity index (χ1v) is 8.45. The number of hydrogen-bond donors (Lipinski definition) is 1. The minimum absolute atomic E-state index is 0.550. The number of hydrogen-bond acceptors (Lipinski definition) is 3. The van der Waals surface area contributed by atoms with Crippen LogP contribution < -0.4 is 10.1 Å². The molecule has 21 heavy (non-hydrogen) atoms. The van der Waals surface area contributed by atoms with Crippen LogP contribution in [0.15, 0.2) is 24.3 Å². The summed E-state index contributed by atoms with van der Waals surface area (Å²) in [6, 6.07) is 9.22. The lowest BCUT2D eigenvalue weighted by molar-refractivity contribution is 0.135. The zero-order valence-corrected chi connectivity index (χ0v) is 13.3. The molecule has 1 aromatic carbocycles. The molecule has 0 aliphatic carbocycles. The van der Waals surface area contributed by atoms with Gasteiger partial charge in [0.05, 0.1) is 6.61 Å². The number of para-hydroxylation sites is 1. The Balaban J connectivity index is 1.54. The first kappa shape index (κ1) is 14.9. The van der Waals surface area contributed by atoms with Gasteiger partial charge in [0.1, 0.15) is 5.75 Å². The normalized spacial score (nSPS) is 29.1. The van der Waals surface area contributed by atoms with E-state index in [1.165, 1.54) is 31.5 Å². The Labute approximate surface area is 128 Å². The maximum Gasteiger partial charge on any atom is 0.122 e. The number of nitrogens with zero attached hydrogens (tertiary/aromatic N) is 1. The van der Waals surface area contributed by atoms with Crippen LogP contribution in [0.1, 0.15) is 38.2 Å². The van der Waals surface area contributed by atoms with Crippen molar-refractivity contribution < 1.29 is 4.74 Å². The highest BCUT2D eigenvalue weighted by Gasteiger charge is 2.30. The van der Waals surface area contributed by atoms with E-state index in [9.17, 15) is 0 Å². The molecule has 2 aliphatic rings. The highest BCUT2D eigenvalue weighted by Crippen LogP contribution is 2.34. The number of rotatable bonds is 5. The lowest BCUT2D eigenvalue weighted by Gasteiger charge is -2.38. The average Bonchev–Trinajstić information content (AvgIpc) is 2.90. The van der Waals surface area contributed by atoms with E-state index in [2.05, 4.69) is 48.3 Å². The van der Waals surface area contributed by atoms with Crippen molar-refractivity contribution >= 4 is 0 Å². The van der Waals surface area contributed by atoms with Gasteiger partial charge in [0.25, 0.3) is 0 Å². The number of piperidine rings is 1. The van der Waals surface area contributed by atoms with Gasteiger partial charge < -0.3 is 15.0 Å². The molecule has 1 fully saturated rings. The van der Waals surface area contributed by atoms with Gasteiger partial charge in [-0.2, -0.15) is 0 Å². The summed E-state index contributed by atoms with van der Waals surface area (Å²) in [6.45, 7) is 10.2. The predicted octanol–water partition coefficient (Wildman–Crippen LogP) is 2.87. The van der Waals surface area contributed by atoms with Crippen LogP contribution in [0.5, 0.6) is 5.75 Å². The fourth-order valence-corrected chi connectivity index (χ4v) is 3.72. The Morgan fingerprint density at radius 1 is 1.33 bits per heavy atom. The zero-order valence-electron chi connectivity index (χ0n) is 13.3. The third kappa shape index (κ3) is 3.41. The standard InChI is InChI=1S/C18H28N2O/c1-3-9-19-17-8-10-20(11-14(17)2)12-15-13-21-18-7-5-4-6-16(15)18/h4-7,14-15,17,19H,3,8-13H2,1-2H3. The number of likely N-dealkylation sites (tertiary alicyclic amines) is 1. The Morgan fingerprint density at radius 3 is 3.00 bits per heavy atom. The van der Waals surface area contributed by atoms with Gasteiger partial charge in [-0.1, -0.05) is 32.0 Å². The van der Waals surface area contributed by atoms with Gasteiger partial charge in [-0.25, -0.2) is 0 Å². The highest BCUT2D eigenvalue weighted by atomic mass is 16.5. The van der Waals surface area contributed by atoms with Gasteiger partial charge in [-0.3, -0.25) is 0 Å². The van der Waals surface area contributed by atoms with E-state index in [0.29, 0.717) is 12.0 Å². The molecule has 3 atom stereocenters. The molecular formula is C18H28N2O. The Hall–Kier alpha value is -1.06. The number of fused-ring (bicyclic) bond motifs is 1. The van der Waals surface area contributed by atoms with Crippen molar-refractivity contribution in [1.82, 2.24) is 10.2 Å². The lowest BCUT2D eigenvalue weighted by atomic mass is 9.92. The van der Waals surface area contributed by atoms with Gasteiger partial charge in [-0.05, 0) is 37.9 Å². The van der Waals surface area contributed by atoms with Gasteiger partial charge in [-0.15, -0.1) is 0 Å². The van der Waals surface area contributed by atoms with Crippen LogP contribution in [0.25, 0.3) is 0 Å². The summed E-state index contributed by atoms with van der Waals surface area (Å²) in [4.78, 5) is 2.63. The van der Waals surface area contributed by atoms with Gasteiger partial charge in [0, 0.05) is 30.6 Å². The van der Waals surface area contributed by atoms with E-state index in [-0.39, 0.29) is 0 Å². The SMILES string of the molecule is CCCNC1CCN(CC2COc3ccccc32)CC1C. The number of nitrogens with one attached hydrogen (secondary N) is 1. The minimum atomic E-state index is 0.550. The second-order valence-electron chi connectivity index (χ2n) is 6.63. The summed E-state index contributed by atoms with van der Waals surface area (Å²) in [5.41, 5.74) is 1.40. The first-order chi connectivity index (χ1) is 10.3. The monoisotopic (exact) mass is 288 g/mol. The molecule has 0 amide bonds. The summed E-state index contributed by atoms with van der Waals surface area (Å²) >= 11 is 0. The lowest BCUT2D eigenvalue weighted by Crippen LogP contribution is -2.49. The Bertz CT molecular complexity index is 462. The summed E-state index contributed by atoms with van der Waals surface area (Å²) in [7, 11) is 0. The van der Waals surface area contributed by atoms with Crippen molar-refractivity contribution in [3.63, 3.8) is 0 Å². The highest BCUT2D eigenvalue weighted by molar-refractivity contribution is 5.39. The van der Waals surface area contributed by atoms with E-state index < -0.39 is 0 Å². The van der Waals surface area contributed by atoms with Crippen LogP contribution in [-0.2, 0) is 0 Å². The van der Waals surface area contributed by atoms with Crippen LogP contribution in [0.2, 0.25) is 0 Å². The first-order valence-electron chi connectivity index (χ1n) is 8.45. The second-order valence-corrected chi connectivity index (χ2v) is 6.63. The second kappa shape index (κ2) is 6.80. The molecule has 1 N–H and O–H groups in total. The van der Waals surface area contributed by atoms with Crippen molar-refractivity contribution in [1.29, 1.82) is 0 Å². The summed E-state index contributed by atoms with van der Waals surface area (Å²) in [5.74, 6) is 2.38. The third-order valence-corrected chi connectivity index (χ3v) is 4.92. The fraction of sp³-hybridized carbons (Fsp3) is 0.667. The number of benzene rings is 1. The quantitative estimate of drug-likeness (QED) is 0.901. The maximum atomic E-state index is 5.81. The molecule has 3 rings (SSSR count). The topological polar surface area (TPSA) is 24.5 Å². The molecular weight excluding hydrogens is 260 g/mol. The fourth-order valence-electron chi connectivity index (χ4n) is 3.72. The molecule has 2 aliphatic heterocycles. The molecule has 1 aromatic rings. The van der Waals surface area contributed by atoms with Gasteiger partial charge >= 0.3 is 0 Å². The van der Waals surface area contributed by atoms with E-state index in [0.717, 1.165) is 31.4 Å². The predicted molar refractivity (Wildman–Crippen MR) is 87.0 cm³/mol. The summed E-state index contributed by atoms with van der Waals surface area (Å²) < 4.78 is 5.81. The molecule has 0 saturated carbocycles. The van der Waals surface area contributed by atoms with Gasteiger partial charge in [0.15, 0.2) is 0 Å². The Morgan fingerprint density at radius 2 is 2.19 bits per heavy atom. The van der Waals surface area contributed by atoms with E-state index in [1.54, 1.807) is 0 Å². The van der Waals surface area contributed by atoms with Crippen molar-refractivity contribution in [2.75, 3.05) is 32.8 Å². The van der Waals surface area contributed by atoms with Crippen molar-refractivity contribution in [3.05, 3.63) is 29.8 Å². The van der Waals surface area contributed by atoms with Crippen LogP contribution in [0.4, 0.5) is 0 Å². The molecule has 116 valence electrons. The van der Waals surface area contributed by atoms with Crippen LogP contribution >= 0.6 is 0 Å². The van der Waals surface area contributed by atoms with E-state index >= 15 is 0 Å². The van der Waals surface area contributed by atoms with Crippen molar-refractivity contribution in [2.45, 2.75) is 38.6 Å². The molecule has 0 spiro atoms. The van der Waals surface area contributed by atoms with Gasteiger partial charge in [0.2, 0.25) is 0 Å². The van der Waals surface area contributed by atoms with Crippen LogP contribution in [0.3, 0.4) is 0 Å². The zero-order chi connectivity index (χ0) is 14.7. The van der Waals surface area contributed by atoms with Crippen molar-refractivity contribution in [3.8, 4) is 5.75 Å². The minimum Gasteiger partial charge on any atom is -0.493 e. The van der Waals surface area contributed by atoms with E-state index in [1.807, 2.05) is 0 Å². The number of ether oxygens (including phenoxy) is 1. The molecule has 3 heteroatoms. The van der Waals surface area contributed by atoms with Crippen LogP contribution in [0, 0.1) is 5.92 Å². The molecule has 0 bridgehead atoms. The Kier molecular flexibility index (Phi) is 4.81.